The van der Waals surface area contributed by atoms with Gasteiger partial charge in [0.2, 0.25) is 0 Å². The topological polar surface area (TPSA) is 124 Å². The van der Waals surface area contributed by atoms with E-state index >= 15 is 0 Å². The minimum atomic E-state index is -0.663. The maximum atomic E-state index is 9.70. The first-order valence-corrected chi connectivity index (χ1v) is 9.78. The number of halogens is 1. The van der Waals surface area contributed by atoms with E-state index in [-0.39, 0.29) is 25.1 Å². The zero-order valence-electron chi connectivity index (χ0n) is 16.8. The van der Waals surface area contributed by atoms with Crippen molar-refractivity contribution < 1.29 is 38.7 Å². The molecule has 3 fully saturated rings. The fourth-order valence-corrected chi connectivity index (χ4v) is 2.80. The van der Waals surface area contributed by atoms with Crippen LogP contribution in [0.15, 0.2) is 0 Å². The molecular formula is C18H38FNO7. The van der Waals surface area contributed by atoms with Crippen LogP contribution in [-0.4, -0.2) is 78.6 Å². The molecule has 27 heavy (non-hydrogen) atoms. The molecule has 0 spiro atoms. The lowest BCUT2D eigenvalue weighted by Crippen LogP contribution is -2.43. The quantitative estimate of drug-likeness (QED) is 0.508. The first-order valence-electron chi connectivity index (χ1n) is 9.78. The van der Waals surface area contributed by atoms with Crippen molar-refractivity contribution in [2.24, 2.45) is 5.96 Å². The summed E-state index contributed by atoms with van der Waals surface area (Å²) in [6.07, 6.45) is 2.64. The van der Waals surface area contributed by atoms with Gasteiger partial charge in [-0.1, -0.05) is 13.8 Å². The van der Waals surface area contributed by atoms with Crippen molar-refractivity contribution in [1.29, 1.82) is 0 Å². The van der Waals surface area contributed by atoms with E-state index in [1.165, 1.54) is 0 Å². The lowest BCUT2D eigenvalue weighted by Gasteiger charge is -2.34. The second-order valence-corrected chi connectivity index (χ2v) is 6.41. The maximum absolute atomic E-state index is 9.70. The van der Waals surface area contributed by atoms with Gasteiger partial charge < -0.3 is 34.3 Å². The Kier molecular flexibility index (Phi) is 16.3. The number of ether oxygens (including phenoxy) is 4. The highest BCUT2D eigenvalue weighted by Gasteiger charge is 2.29. The summed E-state index contributed by atoms with van der Waals surface area (Å²) >= 11 is 0. The summed E-state index contributed by atoms with van der Waals surface area (Å²) < 4.78 is 30.5. The highest BCUT2D eigenvalue weighted by atomic mass is 19.2. The molecule has 9 heteroatoms. The van der Waals surface area contributed by atoms with Crippen LogP contribution in [0.5, 0.6) is 0 Å². The van der Waals surface area contributed by atoms with Crippen molar-refractivity contribution in [1.82, 2.24) is 0 Å². The van der Waals surface area contributed by atoms with Crippen LogP contribution in [-0.2, 0) is 18.9 Å². The second kappa shape index (κ2) is 16.6. The van der Waals surface area contributed by atoms with E-state index in [0.29, 0.717) is 32.7 Å². The Balaban J connectivity index is 0.000000477. The minimum Gasteiger partial charge on any atom is -0.390 e. The van der Waals surface area contributed by atoms with Crippen LogP contribution in [0.3, 0.4) is 0 Å². The summed E-state index contributed by atoms with van der Waals surface area (Å²) in [4.78, 5) is 0. The van der Waals surface area contributed by atoms with Gasteiger partial charge in [-0.2, -0.15) is 5.96 Å². The lowest BCUT2D eigenvalue weighted by atomic mass is 10.1. The Bertz CT molecular complexity index is 331. The monoisotopic (exact) mass is 399 g/mol. The standard InChI is InChI=1S/C11H20O4.C5H10O3.C2H6.FH2N/c1-8-3-2-4-11(14-8)15-10-7-13-6-5-9(10)12;6-4-1-2-8-3-5(4)7;2*1-2/h8-12H,2-7H2,1H3;4-7H,1-3H2;1-2H3;2H2. The summed E-state index contributed by atoms with van der Waals surface area (Å²) in [5, 5.41) is 27.4. The van der Waals surface area contributed by atoms with Crippen LogP contribution in [0.1, 0.15) is 52.9 Å². The molecular weight excluding hydrogens is 361 g/mol. The molecule has 0 radical (unpaired) electrons. The molecule has 3 heterocycles. The third kappa shape index (κ3) is 11.3. The summed E-state index contributed by atoms with van der Waals surface area (Å²) in [6, 6.07) is 0. The molecule has 6 unspecified atom stereocenters. The predicted molar refractivity (Wildman–Crippen MR) is 98.6 cm³/mol. The molecule has 3 aliphatic heterocycles. The number of aliphatic hydroxyl groups excluding tert-OH is 3. The molecule has 0 aromatic rings. The largest absolute Gasteiger partial charge is 0.390 e. The SMILES string of the molecule is CC.CC1CCCC(OC2COCCC2O)O1.NF.OC1CCOCC1O. The Morgan fingerprint density at radius 1 is 0.852 bits per heavy atom. The zero-order valence-corrected chi connectivity index (χ0v) is 16.8. The first-order chi connectivity index (χ1) is 13.1. The maximum Gasteiger partial charge on any atom is 0.158 e. The molecule has 8 nitrogen and oxygen atoms in total. The van der Waals surface area contributed by atoms with Gasteiger partial charge in [0.15, 0.2) is 6.29 Å². The van der Waals surface area contributed by atoms with Gasteiger partial charge in [-0.15, -0.1) is 4.48 Å². The van der Waals surface area contributed by atoms with E-state index in [1.54, 1.807) is 0 Å². The Morgan fingerprint density at radius 3 is 1.93 bits per heavy atom. The molecule has 0 amide bonds. The van der Waals surface area contributed by atoms with Crippen molar-refractivity contribution in [2.75, 3.05) is 26.4 Å². The lowest BCUT2D eigenvalue weighted by molar-refractivity contribution is -0.243. The summed E-state index contributed by atoms with van der Waals surface area (Å²) in [7, 11) is 0. The van der Waals surface area contributed by atoms with Crippen molar-refractivity contribution in [3.63, 3.8) is 0 Å². The fraction of sp³-hybridized carbons (Fsp3) is 1.00. The molecule has 0 saturated carbocycles. The van der Waals surface area contributed by atoms with Crippen molar-refractivity contribution in [3.8, 4) is 0 Å². The van der Waals surface area contributed by atoms with Crippen LogP contribution in [0.2, 0.25) is 0 Å². The number of hydrogen-bond donors (Lipinski definition) is 4. The highest BCUT2D eigenvalue weighted by Crippen LogP contribution is 2.22. The highest BCUT2D eigenvalue weighted by molar-refractivity contribution is 4.74. The molecule has 5 N–H and O–H groups in total. The Labute approximate surface area is 161 Å². The number of nitrogens with two attached hydrogens (primary N) is 1. The molecule has 3 aliphatic rings. The van der Waals surface area contributed by atoms with E-state index < -0.39 is 18.3 Å². The van der Waals surface area contributed by atoms with Crippen molar-refractivity contribution >= 4 is 0 Å². The van der Waals surface area contributed by atoms with Gasteiger partial charge in [0.25, 0.3) is 0 Å². The number of hydrogen-bond acceptors (Lipinski definition) is 8. The summed E-state index contributed by atoms with van der Waals surface area (Å²) in [5.74, 6) is 3.00. The third-order valence-electron chi connectivity index (χ3n) is 4.32. The van der Waals surface area contributed by atoms with E-state index in [2.05, 4.69) is 12.9 Å². The van der Waals surface area contributed by atoms with Gasteiger partial charge in [0, 0.05) is 13.2 Å². The van der Waals surface area contributed by atoms with Crippen LogP contribution >= 0.6 is 0 Å². The predicted octanol–water partition coefficient (Wildman–Crippen LogP) is 1.05. The number of aliphatic hydroxyl groups is 3. The van der Waals surface area contributed by atoms with E-state index in [4.69, 9.17) is 33.6 Å². The second-order valence-electron chi connectivity index (χ2n) is 6.41. The van der Waals surface area contributed by atoms with Gasteiger partial charge in [0.05, 0.1) is 31.5 Å². The molecule has 0 aromatic heterocycles. The normalized spacial score (nSPS) is 36.0. The summed E-state index contributed by atoms with van der Waals surface area (Å²) in [6.45, 7) is 8.01. The first kappa shape index (κ1) is 26.6. The molecule has 0 aliphatic carbocycles. The van der Waals surface area contributed by atoms with Gasteiger partial charge in [0.1, 0.15) is 12.2 Å². The minimum absolute atomic E-state index is 0.157. The molecule has 6 atom stereocenters. The van der Waals surface area contributed by atoms with Crippen LogP contribution in [0.4, 0.5) is 4.48 Å². The van der Waals surface area contributed by atoms with Crippen LogP contribution < -0.4 is 5.96 Å². The average Bonchev–Trinajstić information content (AvgIpc) is 2.70. The van der Waals surface area contributed by atoms with Gasteiger partial charge in [-0.25, -0.2) is 0 Å². The van der Waals surface area contributed by atoms with Crippen molar-refractivity contribution in [2.45, 2.75) is 89.7 Å². The van der Waals surface area contributed by atoms with Gasteiger partial charge >= 0.3 is 0 Å². The average molecular weight is 400 g/mol. The van der Waals surface area contributed by atoms with Gasteiger partial charge in [-0.3, -0.25) is 0 Å². The zero-order chi connectivity index (χ0) is 20.7. The van der Waals surface area contributed by atoms with E-state index in [9.17, 15) is 5.11 Å². The van der Waals surface area contributed by atoms with E-state index in [0.717, 1.165) is 19.3 Å². The van der Waals surface area contributed by atoms with Crippen LogP contribution in [0.25, 0.3) is 0 Å². The van der Waals surface area contributed by atoms with E-state index in [1.807, 2.05) is 13.8 Å². The Morgan fingerprint density at radius 2 is 1.44 bits per heavy atom. The fourth-order valence-electron chi connectivity index (χ4n) is 2.80. The molecule has 0 aromatic carbocycles. The third-order valence-corrected chi connectivity index (χ3v) is 4.32. The summed E-state index contributed by atoms with van der Waals surface area (Å²) in [5.41, 5.74) is 0. The molecule has 0 bridgehead atoms. The molecule has 164 valence electrons. The van der Waals surface area contributed by atoms with Crippen molar-refractivity contribution in [3.05, 3.63) is 0 Å². The van der Waals surface area contributed by atoms with Gasteiger partial charge in [-0.05, 0) is 39.0 Å². The molecule has 3 saturated heterocycles. The van der Waals surface area contributed by atoms with Crippen LogP contribution in [0, 0.1) is 0 Å². The smallest absolute Gasteiger partial charge is 0.158 e. The number of rotatable bonds is 2. The molecule has 3 rings (SSSR count). The Hall–Kier alpha value is -0.390.